The first-order chi connectivity index (χ1) is 19.4. The molecule has 208 valence electrons. The van der Waals surface area contributed by atoms with E-state index in [4.69, 9.17) is 0 Å². The monoisotopic (exact) mass is 560 g/mol. The van der Waals surface area contributed by atoms with Crippen LogP contribution in [0.15, 0.2) is 72.4 Å². The number of nitrogens with one attached hydrogen (secondary N) is 2. The predicted octanol–water partition coefficient (Wildman–Crippen LogP) is 2.83. The summed E-state index contributed by atoms with van der Waals surface area (Å²) < 4.78 is 1.72. The number of benzene rings is 2. The van der Waals surface area contributed by atoms with Crippen molar-refractivity contribution in [2.24, 2.45) is 0 Å². The van der Waals surface area contributed by atoms with E-state index in [9.17, 15) is 19.8 Å². The first-order valence-electron chi connectivity index (χ1n) is 13.2. The summed E-state index contributed by atoms with van der Waals surface area (Å²) in [5.74, 6) is -1.56. The summed E-state index contributed by atoms with van der Waals surface area (Å²) in [5, 5.41) is 34.3. The number of rotatable bonds is 9. The number of fused-ring (bicyclic) bond motifs is 1. The third-order valence-electron chi connectivity index (χ3n) is 7.04. The average molecular weight is 561 g/mol. The topological polar surface area (TPSA) is 133 Å². The molecule has 4 aromatic rings. The largest absolute Gasteiger partial charge is 0.380 e. The van der Waals surface area contributed by atoms with Gasteiger partial charge >= 0.3 is 0 Å². The third kappa shape index (κ3) is 5.62. The fraction of sp³-hybridized carbons (Fsp3) is 0.310. The maximum absolute atomic E-state index is 13.6. The smallest absolute Gasteiger partial charge is 0.255 e. The van der Waals surface area contributed by atoms with Crippen LogP contribution in [0.5, 0.6) is 0 Å². The number of carbonyl (C=O) groups is 2. The van der Waals surface area contributed by atoms with E-state index in [-0.39, 0.29) is 0 Å². The molecule has 2 amide bonds. The number of hydrogen-bond acceptors (Lipinski definition) is 8. The van der Waals surface area contributed by atoms with Crippen molar-refractivity contribution in [1.29, 1.82) is 0 Å². The molecule has 0 spiro atoms. The Morgan fingerprint density at radius 2 is 1.88 bits per heavy atom. The molecule has 0 fully saturated rings. The van der Waals surface area contributed by atoms with Crippen molar-refractivity contribution in [3.05, 3.63) is 94.8 Å². The zero-order valence-electron chi connectivity index (χ0n) is 22.3. The lowest BCUT2D eigenvalue weighted by atomic mass is 9.90. The highest BCUT2D eigenvalue weighted by molar-refractivity contribution is 7.13. The highest BCUT2D eigenvalue weighted by Crippen LogP contribution is 2.37. The van der Waals surface area contributed by atoms with Gasteiger partial charge in [0.05, 0.1) is 17.4 Å². The number of anilines is 1. The number of aliphatic hydroxyl groups excluding tert-OH is 2. The Labute approximate surface area is 236 Å². The number of aromatic nitrogens is 3. The molecule has 1 aliphatic heterocycles. The lowest BCUT2D eigenvalue weighted by molar-refractivity contribution is -0.155. The van der Waals surface area contributed by atoms with E-state index in [1.54, 1.807) is 17.8 Å². The van der Waals surface area contributed by atoms with E-state index >= 15 is 0 Å². The number of carbonyl (C=O) groups excluding carboxylic acids is 2. The van der Waals surface area contributed by atoms with Crippen LogP contribution in [0.2, 0.25) is 0 Å². The van der Waals surface area contributed by atoms with Gasteiger partial charge in [-0.3, -0.25) is 9.59 Å². The minimum atomic E-state index is -1.94. The Morgan fingerprint density at radius 3 is 2.60 bits per heavy atom. The van der Waals surface area contributed by atoms with Gasteiger partial charge in [0, 0.05) is 30.9 Å². The molecule has 1 aliphatic rings. The Bertz CT molecular complexity index is 1460. The van der Waals surface area contributed by atoms with Crippen LogP contribution < -0.4 is 10.6 Å². The van der Waals surface area contributed by atoms with E-state index in [2.05, 4.69) is 20.7 Å². The van der Waals surface area contributed by atoms with Crippen LogP contribution in [0, 0.1) is 0 Å². The predicted molar refractivity (Wildman–Crippen MR) is 152 cm³/mol. The van der Waals surface area contributed by atoms with Gasteiger partial charge in [-0.1, -0.05) is 36.4 Å². The quantitative estimate of drug-likeness (QED) is 0.247. The molecule has 11 heteroatoms. The number of nitrogens with zero attached hydrogens (tertiary/aromatic N) is 4. The molecule has 2 aromatic carbocycles. The molecule has 3 heterocycles. The summed E-state index contributed by atoms with van der Waals surface area (Å²) >= 11 is 1.44. The van der Waals surface area contributed by atoms with Gasteiger partial charge in [0.1, 0.15) is 6.04 Å². The van der Waals surface area contributed by atoms with Gasteiger partial charge in [-0.05, 0) is 55.2 Å². The molecule has 1 unspecified atom stereocenters. The van der Waals surface area contributed by atoms with Crippen molar-refractivity contribution >= 4 is 28.3 Å². The van der Waals surface area contributed by atoms with Crippen molar-refractivity contribution < 1.29 is 19.8 Å². The molecule has 0 bridgehead atoms. The summed E-state index contributed by atoms with van der Waals surface area (Å²) in [4.78, 5) is 32.7. The summed E-state index contributed by atoms with van der Waals surface area (Å²) in [6.45, 7) is 4.78. The number of thiazole rings is 1. The van der Waals surface area contributed by atoms with Gasteiger partial charge in [0.25, 0.3) is 11.8 Å². The molecule has 0 aliphatic carbocycles. The van der Waals surface area contributed by atoms with Crippen LogP contribution in [0.1, 0.15) is 48.3 Å². The zero-order chi connectivity index (χ0) is 28.2. The number of amides is 2. The highest BCUT2D eigenvalue weighted by Gasteiger charge is 2.40. The summed E-state index contributed by atoms with van der Waals surface area (Å²) in [6.07, 6.45) is 0.227. The van der Waals surface area contributed by atoms with E-state index < -0.39 is 36.1 Å². The molecule has 0 saturated carbocycles. The van der Waals surface area contributed by atoms with Crippen LogP contribution in [0.25, 0.3) is 5.69 Å². The Hall–Kier alpha value is -4.06. The third-order valence-corrected chi connectivity index (χ3v) is 7.86. The number of aliphatic hydroxyl groups is 2. The Morgan fingerprint density at radius 1 is 1.10 bits per heavy atom. The molecule has 0 radical (unpaired) electrons. The van der Waals surface area contributed by atoms with Crippen molar-refractivity contribution in [1.82, 2.24) is 25.0 Å². The minimum Gasteiger partial charge on any atom is -0.380 e. The lowest BCUT2D eigenvalue weighted by Crippen LogP contribution is -2.53. The van der Waals surface area contributed by atoms with Crippen molar-refractivity contribution in [3.63, 3.8) is 0 Å². The van der Waals surface area contributed by atoms with Crippen LogP contribution in [0.3, 0.4) is 0 Å². The van der Waals surface area contributed by atoms with Gasteiger partial charge < -0.3 is 25.7 Å². The van der Waals surface area contributed by atoms with Gasteiger partial charge in [-0.15, -0.1) is 11.3 Å². The average Bonchev–Trinajstić information content (AvgIpc) is 3.68. The normalized spacial score (nSPS) is 17.0. The first-order valence-corrected chi connectivity index (χ1v) is 14.1. The fourth-order valence-corrected chi connectivity index (χ4v) is 5.73. The zero-order valence-corrected chi connectivity index (χ0v) is 23.1. The second kappa shape index (κ2) is 12.0. The standard InChI is InChI=1S/C29H32N6O4S/c1-3-30-29-33-23(17-40-29)24-22-8-5-4-7-20(22)13-16-34(24)28(39)26(37)25(36)27(38)32-18(2)19-9-11-21(12-10-19)35-15-6-14-31-35/h4-12,14-15,17-18,24-26,36-37H,3,13,16H2,1-2H3,(H,30,33)(H,32,38)/t18-,24?,25-,26-/m1/s1. The lowest BCUT2D eigenvalue weighted by Gasteiger charge is -2.38. The van der Waals surface area contributed by atoms with Crippen LogP contribution >= 0.6 is 11.3 Å². The maximum Gasteiger partial charge on any atom is 0.255 e. The first kappa shape index (κ1) is 27.5. The molecular formula is C29H32N6O4S. The van der Waals surface area contributed by atoms with Crippen LogP contribution in [-0.2, 0) is 16.0 Å². The van der Waals surface area contributed by atoms with E-state index in [1.807, 2.05) is 73.1 Å². The molecule has 5 rings (SSSR count). The van der Waals surface area contributed by atoms with Gasteiger partial charge in [0.2, 0.25) is 0 Å². The molecule has 40 heavy (non-hydrogen) atoms. The van der Waals surface area contributed by atoms with Crippen molar-refractivity contribution in [3.8, 4) is 5.69 Å². The van der Waals surface area contributed by atoms with Gasteiger partial charge in [0.15, 0.2) is 17.3 Å². The van der Waals surface area contributed by atoms with Crippen LogP contribution in [0.4, 0.5) is 5.13 Å². The molecular weight excluding hydrogens is 528 g/mol. The second-order valence-corrected chi connectivity index (χ2v) is 10.5. The van der Waals surface area contributed by atoms with Crippen LogP contribution in [-0.4, -0.2) is 67.0 Å². The molecule has 0 saturated heterocycles. The molecule has 4 N–H and O–H groups in total. The summed E-state index contributed by atoms with van der Waals surface area (Å²) in [6, 6.07) is 16.1. The SMILES string of the molecule is CCNc1nc(C2c3ccccc3CCN2C(=O)[C@H](O)[C@@H](O)C(=O)N[C@H](C)c2ccc(-n3cccn3)cc2)cs1. The van der Waals surface area contributed by atoms with Gasteiger partial charge in [-0.2, -0.15) is 5.10 Å². The van der Waals surface area contributed by atoms with E-state index in [0.29, 0.717) is 25.2 Å². The highest BCUT2D eigenvalue weighted by atomic mass is 32.1. The fourth-order valence-electron chi connectivity index (χ4n) is 4.93. The number of hydrogen-bond donors (Lipinski definition) is 4. The summed E-state index contributed by atoms with van der Waals surface area (Å²) in [7, 11) is 0. The Kier molecular flexibility index (Phi) is 8.24. The maximum atomic E-state index is 13.6. The van der Waals surface area contributed by atoms with E-state index in [1.165, 1.54) is 16.2 Å². The minimum absolute atomic E-state index is 0.318. The van der Waals surface area contributed by atoms with Crippen molar-refractivity contribution in [2.45, 2.75) is 44.6 Å². The second-order valence-electron chi connectivity index (χ2n) is 9.65. The molecule has 10 nitrogen and oxygen atoms in total. The van der Waals surface area contributed by atoms with Crippen molar-refractivity contribution in [2.75, 3.05) is 18.4 Å². The molecule has 2 aromatic heterocycles. The Balaban J connectivity index is 1.29. The van der Waals surface area contributed by atoms with Gasteiger partial charge in [-0.25, -0.2) is 9.67 Å². The molecule has 4 atom stereocenters. The van der Waals surface area contributed by atoms with E-state index in [0.717, 1.165) is 27.5 Å². The summed E-state index contributed by atoms with van der Waals surface area (Å²) in [5.41, 5.74) is 4.33.